The maximum absolute atomic E-state index is 15.5. The topological polar surface area (TPSA) is 203 Å². The fourth-order valence-corrected chi connectivity index (χ4v) is 9.53. The van der Waals surface area contributed by atoms with Crippen LogP contribution in [0, 0.1) is 23.1 Å². The zero-order valence-corrected chi connectivity index (χ0v) is 33.1. The summed E-state index contributed by atoms with van der Waals surface area (Å²) in [7, 11) is 0. The molecule has 0 aliphatic carbocycles. The number of likely N-dealkylation sites (tertiary alicyclic amines) is 2. The molecule has 5 aliphatic heterocycles. The van der Waals surface area contributed by atoms with Crippen LogP contribution in [0.4, 0.5) is 10.1 Å². The van der Waals surface area contributed by atoms with Gasteiger partial charge in [-0.3, -0.25) is 34.8 Å². The number of fused-ring (bicyclic) bond motifs is 2. The minimum Gasteiger partial charge on any atom is -0.490 e. The number of rotatable bonds is 10. The monoisotopic (exact) mass is 818 g/mol. The molecular formula is C43H47FN10O6. The molecule has 9 rings (SSSR count). The first-order chi connectivity index (χ1) is 29.1. The van der Waals surface area contributed by atoms with E-state index in [9.17, 15) is 19.2 Å². The van der Waals surface area contributed by atoms with Crippen molar-refractivity contribution in [1.82, 2.24) is 25.2 Å². The summed E-state index contributed by atoms with van der Waals surface area (Å²) in [5.41, 5.74) is 2.41. The van der Waals surface area contributed by atoms with Gasteiger partial charge in [-0.15, -0.1) is 5.11 Å². The molecule has 4 saturated heterocycles. The normalized spacial score (nSPS) is 22.4. The van der Waals surface area contributed by atoms with Crippen LogP contribution in [0.3, 0.4) is 0 Å². The molecule has 60 heavy (non-hydrogen) atoms. The molecule has 17 heteroatoms. The third kappa shape index (κ3) is 7.86. The summed E-state index contributed by atoms with van der Waals surface area (Å²) in [6.45, 7) is 7.34. The number of nitrogens with one attached hydrogen (secondary N) is 2. The van der Waals surface area contributed by atoms with E-state index in [1.165, 1.54) is 6.07 Å². The van der Waals surface area contributed by atoms with Crippen molar-refractivity contribution in [2.75, 3.05) is 57.3 Å². The molecule has 0 spiro atoms. The summed E-state index contributed by atoms with van der Waals surface area (Å²) in [6.07, 6.45) is 5.26. The number of imide groups is 2. The molecule has 1 aromatic heterocycles. The number of amides is 4. The Hall–Kier alpha value is -6.07. The Kier molecular flexibility index (Phi) is 10.9. The second kappa shape index (κ2) is 16.5. The van der Waals surface area contributed by atoms with E-state index < -0.39 is 35.5 Å². The number of carbonyl (C=O) groups is 4. The molecule has 2 unspecified atom stereocenters. The number of halogens is 1. The molecule has 4 N–H and O–H groups in total. The van der Waals surface area contributed by atoms with E-state index in [4.69, 9.17) is 20.5 Å². The van der Waals surface area contributed by atoms with Crippen molar-refractivity contribution >= 4 is 46.1 Å². The fraction of sp³-hybridized carbons (Fsp3) is 0.442. The van der Waals surface area contributed by atoms with Crippen LogP contribution in [0.1, 0.15) is 71.2 Å². The number of piperidine rings is 3. The maximum Gasteiger partial charge on any atom is 0.262 e. The summed E-state index contributed by atoms with van der Waals surface area (Å²) in [5.74, 6) is 4.42. The molecule has 0 saturated carbocycles. The third-order valence-electron chi connectivity index (χ3n) is 12.7. The number of aromatic nitrogens is 1. The van der Waals surface area contributed by atoms with Crippen molar-refractivity contribution in [3.05, 3.63) is 77.1 Å². The van der Waals surface area contributed by atoms with E-state index in [-0.39, 0.29) is 35.9 Å². The largest absolute Gasteiger partial charge is 0.490 e. The Morgan fingerprint density at radius 3 is 2.35 bits per heavy atom. The number of hydrogen-bond acceptors (Lipinski definition) is 12. The molecule has 312 valence electrons. The first-order valence-electron chi connectivity index (χ1n) is 20.7. The summed E-state index contributed by atoms with van der Waals surface area (Å²) >= 11 is 0. The number of carbonyl (C=O) groups excluding carboxylic acids is 4. The van der Waals surface area contributed by atoms with Gasteiger partial charge in [-0.1, -0.05) is 22.5 Å². The highest BCUT2D eigenvalue weighted by Gasteiger charge is 2.45. The number of ether oxygens (including phenoxy) is 1. The summed E-state index contributed by atoms with van der Waals surface area (Å²) in [5, 5.41) is 22.1. The Labute approximate surface area is 345 Å². The average molecular weight is 819 g/mol. The van der Waals surface area contributed by atoms with Crippen molar-refractivity contribution in [3.8, 4) is 17.1 Å². The van der Waals surface area contributed by atoms with Gasteiger partial charge in [-0.05, 0) is 106 Å². The number of hydrogen-bond donors (Lipinski definition) is 3. The van der Waals surface area contributed by atoms with Crippen molar-refractivity contribution in [2.45, 2.75) is 57.1 Å². The summed E-state index contributed by atoms with van der Waals surface area (Å²) in [6, 6.07) is 14.6. The molecular weight excluding hydrogens is 772 g/mol. The smallest absolute Gasteiger partial charge is 0.262 e. The molecule has 0 bridgehead atoms. The van der Waals surface area contributed by atoms with Gasteiger partial charge in [-0.25, -0.2) is 4.39 Å². The molecule has 5 aliphatic rings. The van der Waals surface area contributed by atoms with Crippen LogP contribution >= 0.6 is 0 Å². The van der Waals surface area contributed by atoms with Crippen LogP contribution in [0.2, 0.25) is 0 Å². The standard InChI is InChI=1S/C43H47FN10O6/c44-34-20-31-32(43(58)54(42(31)57)36-6-7-38(55)47-41(36)56)21-37(34)53-17-10-26(24-53)23-51-13-8-25(9-14-51)22-52-15-11-29(12-16-52)59-30-3-1-2-27(18-30)39-33-19-28(40(45)48-50-46)4-5-35(33)49-60-39/h1-5,18-21,25-26,29,36H,6-17,22-24H2,(H3,45,46,48)(H,47,55,56). The lowest BCUT2D eigenvalue weighted by Gasteiger charge is -2.38. The van der Waals surface area contributed by atoms with Gasteiger partial charge >= 0.3 is 0 Å². The Bertz CT molecular complexity index is 2390. The Morgan fingerprint density at radius 2 is 1.60 bits per heavy atom. The van der Waals surface area contributed by atoms with E-state index >= 15 is 4.39 Å². The number of benzene rings is 3. The van der Waals surface area contributed by atoms with Crippen LogP contribution in [0.15, 0.2) is 69.5 Å². The van der Waals surface area contributed by atoms with Gasteiger partial charge in [0.1, 0.15) is 29.2 Å². The molecule has 0 radical (unpaired) electrons. The predicted octanol–water partition coefficient (Wildman–Crippen LogP) is 4.77. The van der Waals surface area contributed by atoms with Crippen molar-refractivity contribution in [3.63, 3.8) is 0 Å². The quantitative estimate of drug-likeness (QED) is 0.0497. The van der Waals surface area contributed by atoms with Crippen LogP contribution in [-0.4, -0.2) is 114 Å². The highest BCUT2D eigenvalue weighted by atomic mass is 19.1. The minimum atomic E-state index is -1.09. The number of anilines is 1. The molecule has 4 amide bonds. The number of nitrogens with zero attached hydrogens (tertiary/aromatic N) is 7. The van der Waals surface area contributed by atoms with E-state index in [1.54, 1.807) is 18.2 Å². The van der Waals surface area contributed by atoms with Crippen molar-refractivity contribution in [2.24, 2.45) is 28.0 Å². The molecule has 2 atom stereocenters. The number of amidine groups is 1. The maximum atomic E-state index is 15.5. The van der Waals surface area contributed by atoms with Gasteiger partial charge in [0.2, 0.25) is 11.8 Å². The number of nitrogens with two attached hydrogens (primary N) is 1. The van der Waals surface area contributed by atoms with E-state index in [0.29, 0.717) is 47.5 Å². The van der Waals surface area contributed by atoms with Crippen LogP contribution in [0.25, 0.3) is 22.2 Å². The highest BCUT2D eigenvalue weighted by Crippen LogP contribution is 2.36. The van der Waals surface area contributed by atoms with Crippen molar-refractivity contribution in [1.29, 1.82) is 5.41 Å². The first-order valence-corrected chi connectivity index (χ1v) is 20.7. The van der Waals surface area contributed by atoms with Gasteiger partial charge in [0.05, 0.1) is 22.2 Å². The van der Waals surface area contributed by atoms with Crippen LogP contribution < -0.4 is 20.8 Å². The summed E-state index contributed by atoms with van der Waals surface area (Å²) in [4.78, 5) is 58.5. The molecule has 6 heterocycles. The molecule has 4 aromatic rings. The fourth-order valence-electron chi connectivity index (χ4n) is 9.53. The zero-order valence-electron chi connectivity index (χ0n) is 33.1. The van der Waals surface area contributed by atoms with E-state index in [1.807, 2.05) is 29.2 Å². The van der Waals surface area contributed by atoms with Crippen LogP contribution in [0.5, 0.6) is 5.75 Å². The van der Waals surface area contributed by atoms with Crippen molar-refractivity contribution < 1.29 is 32.8 Å². The minimum absolute atomic E-state index is 0.0262. The van der Waals surface area contributed by atoms with Gasteiger partial charge in [-0.2, -0.15) is 0 Å². The Balaban J connectivity index is 0.724. The summed E-state index contributed by atoms with van der Waals surface area (Å²) < 4.78 is 27.7. The lowest BCUT2D eigenvalue weighted by atomic mass is 9.94. The Morgan fingerprint density at radius 1 is 0.883 bits per heavy atom. The van der Waals surface area contributed by atoms with Crippen LogP contribution in [-0.2, 0) is 9.59 Å². The molecule has 4 fully saturated rings. The lowest BCUT2D eigenvalue weighted by molar-refractivity contribution is -0.136. The second-order valence-corrected chi connectivity index (χ2v) is 16.6. The average Bonchev–Trinajstić information content (AvgIpc) is 3.95. The first kappa shape index (κ1) is 39.4. The van der Waals surface area contributed by atoms with Gasteiger partial charge in [0, 0.05) is 56.8 Å². The lowest BCUT2D eigenvalue weighted by Crippen LogP contribution is -2.54. The van der Waals surface area contributed by atoms with Gasteiger partial charge in [0.15, 0.2) is 11.6 Å². The van der Waals surface area contributed by atoms with E-state index in [2.05, 4.69) is 30.6 Å². The predicted molar refractivity (Wildman–Crippen MR) is 218 cm³/mol. The zero-order chi connectivity index (χ0) is 41.5. The SMILES string of the molecule is N=C(N=NN)c1ccc2noc(-c3cccc(OC4CCN(CC5CCN(CC6CCN(c7cc8c(cc7F)C(=O)N(C7CCC(=O)NC7=O)C8=O)C6)CC5)CC4)c3)c2c1. The van der Waals surface area contributed by atoms with E-state index in [0.717, 1.165) is 99.0 Å². The second-order valence-electron chi connectivity index (χ2n) is 16.6. The highest BCUT2D eigenvalue weighted by molar-refractivity contribution is 6.23. The van der Waals surface area contributed by atoms with Gasteiger partial charge < -0.3 is 29.8 Å². The molecule has 16 nitrogen and oxygen atoms in total. The molecule has 3 aromatic carbocycles. The third-order valence-corrected chi connectivity index (χ3v) is 12.7. The van der Waals surface area contributed by atoms with Gasteiger partial charge in [0.25, 0.3) is 11.8 Å².